The van der Waals surface area contributed by atoms with Gasteiger partial charge in [0.1, 0.15) is 33.5 Å². The minimum Gasteiger partial charge on any atom is -0.456 e. The third kappa shape index (κ3) is 3.28. The number of para-hydroxylation sites is 3. The molecule has 0 aliphatic rings. The van der Waals surface area contributed by atoms with E-state index in [0.29, 0.717) is 0 Å². The molecule has 0 spiro atoms. The summed E-state index contributed by atoms with van der Waals surface area (Å²) in [6, 6.07) is 48.3. The summed E-state index contributed by atoms with van der Waals surface area (Å²) in [4.78, 5) is 2.28. The molecule has 206 valence electrons. The average Bonchev–Trinajstić information content (AvgIpc) is 3.76. The number of hydrogen-bond donors (Lipinski definition) is 0. The van der Waals surface area contributed by atoms with Crippen molar-refractivity contribution in [3.8, 4) is 0 Å². The number of anilines is 3. The quantitative estimate of drug-likeness (QED) is 0.214. The molecule has 0 unspecified atom stereocenters. The summed E-state index contributed by atoms with van der Waals surface area (Å²) in [5.41, 5.74) is 8.38. The summed E-state index contributed by atoms with van der Waals surface area (Å²) in [6.45, 7) is 0. The minimum atomic E-state index is 0.856. The van der Waals surface area contributed by atoms with Gasteiger partial charge in [-0.3, -0.25) is 0 Å². The van der Waals surface area contributed by atoms with Crippen molar-refractivity contribution in [1.29, 1.82) is 0 Å². The minimum absolute atomic E-state index is 0.856. The Bertz CT molecular complexity index is 2730. The van der Waals surface area contributed by atoms with Crippen LogP contribution in [0.4, 0.5) is 17.1 Å². The van der Waals surface area contributed by atoms with E-state index in [1.807, 2.05) is 30.3 Å². The molecule has 0 saturated carbocycles. The first-order valence-electron chi connectivity index (χ1n) is 14.8. The molecule has 7 aromatic carbocycles. The number of fused-ring (bicyclic) bond motifs is 12. The van der Waals surface area contributed by atoms with Gasteiger partial charge >= 0.3 is 0 Å². The Kier molecular flexibility index (Phi) is 4.69. The Morgan fingerprint density at radius 1 is 0.295 bits per heavy atom. The lowest BCUT2D eigenvalue weighted by atomic mass is 9.99. The van der Waals surface area contributed by atoms with Gasteiger partial charge in [0.25, 0.3) is 0 Å². The second-order valence-electron chi connectivity index (χ2n) is 11.3. The van der Waals surface area contributed by atoms with E-state index in [4.69, 9.17) is 13.3 Å². The highest BCUT2D eigenvalue weighted by atomic mass is 16.3. The Labute approximate surface area is 250 Å². The molecule has 4 heteroatoms. The Balaban J connectivity index is 1.23. The van der Waals surface area contributed by atoms with E-state index in [0.717, 1.165) is 93.7 Å². The Morgan fingerprint density at radius 3 is 1.57 bits per heavy atom. The van der Waals surface area contributed by atoms with Crippen molar-refractivity contribution in [2.75, 3.05) is 4.90 Å². The molecule has 0 saturated heterocycles. The van der Waals surface area contributed by atoms with Gasteiger partial charge in [0.15, 0.2) is 0 Å². The fraction of sp³-hybridized carbons (Fsp3) is 0. The second kappa shape index (κ2) is 8.76. The zero-order chi connectivity index (χ0) is 28.8. The van der Waals surface area contributed by atoms with Crippen LogP contribution in [0.5, 0.6) is 0 Å². The maximum absolute atomic E-state index is 6.42. The smallest absolute Gasteiger partial charge is 0.137 e. The van der Waals surface area contributed by atoms with Crippen LogP contribution in [-0.2, 0) is 0 Å². The van der Waals surface area contributed by atoms with Crippen molar-refractivity contribution in [1.82, 2.24) is 0 Å². The molecule has 4 nitrogen and oxygen atoms in total. The van der Waals surface area contributed by atoms with Gasteiger partial charge in [0.2, 0.25) is 0 Å². The first kappa shape index (κ1) is 23.6. The van der Waals surface area contributed by atoms with E-state index in [9.17, 15) is 0 Å². The molecular weight excluding hydrogens is 542 g/mol. The third-order valence-corrected chi connectivity index (χ3v) is 8.85. The van der Waals surface area contributed by atoms with Gasteiger partial charge in [-0.25, -0.2) is 0 Å². The fourth-order valence-corrected chi connectivity index (χ4v) is 6.91. The summed E-state index contributed by atoms with van der Waals surface area (Å²) < 4.78 is 18.9. The number of benzene rings is 7. The van der Waals surface area contributed by atoms with Crippen molar-refractivity contribution in [2.24, 2.45) is 0 Å². The first-order chi connectivity index (χ1) is 21.8. The predicted octanol–water partition coefficient (Wildman–Crippen LogP) is 12.0. The third-order valence-electron chi connectivity index (χ3n) is 8.85. The molecule has 44 heavy (non-hydrogen) atoms. The van der Waals surface area contributed by atoms with Gasteiger partial charge in [-0.1, -0.05) is 54.6 Å². The van der Waals surface area contributed by atoms with E-state index >= 15 is 0 Å². The summed E-state index contributed by atoms with van der Waals surface area (Å²) in [5, 5.41) is 8.97. The van der Waals surface area contributed by atoms with E-state index in [1.54, 1.807) is 0 Å². The molecule has 10 aromatic rings. The lowest BCUT2D eigenvalue weighted by molar-refractivity contribution is 0.668. The van der Waals surface area contributed by atoms with Crippen molar-refractivity contribution in [3.05, 3.63) is 140 Å². The number of nitrogens with zero attached hydrogens (tertiary/aromatic N) is 1. The highest BCUT2D eigenvalue weighted by Crippen LogP contribution is 2.44. The highest BCUT2D eigenvalue weighted by molar-refractivity contribution is 6.27. The van der Waals surface area contributed by atoms with Crippen LogP contribution in [0.2, 0.25) is 0 Å². The monoisotopic (exact) mass is 565 g/mol. The van der Waals surface area contributed by atoms with E-state index in [-0.39, 0.29) is 0 Å². The maximum atomic E-state index is 6.42. The summed E-state index contributed by atoms with van der Waals surface area (Å²) in [5.74, 6) is 0. The summed E-state index contributed by atoms with van der Waals surface area (Å²) >= 11 is 0. The molecule has 0 N–H and O–H groups in total. The largest absolute Gasteiger partial charge is 0.456 e. The molecule has 3 aromatic heterocycles. The van der Waals surface area contributed by atoms with Gasteiger partial charge in [-0.05, 0) is 89.6 Å². The molecular formula is C40H23NO3. The van der Waals surface area contributed by atoms with Gasteiger partial charge in [-0.15, -0.1) is 0 Å². The van der Waals surface area contributed by atoms with Gasteiger partial charge < -0.3 is 18.2 Å². The molecule has 3 heterocycles. The standard InChI is InChI=1S/C40H23NO3/c1-2-8-24(9-3-1)41(26-14-16-28-27-10-4-6-12-33(27)44-38(28)23-26)25-15-19-35-32(22-25)40-30-18-20-36-39(29(30)17-21-37(40)43-35)31-11-5-7-13-34(31)42-36/h1-23H. The van der Waals surface area contributed by atoms with Crippen LogP contribution < -0.4 is 4.90 Å². The van der Waals surface area contributed by atoms with Gasteiger partial charge in [0, 0.05) is 55.4 Å². The van der Waals surface area contributed by atoms with E-state index < -0.39 is 0 Å². The topological polar surface area (TPSA) is 42.7 Å². The van der Waals surface area contributed by atoms with Crippen molar-refractivity contribution in [3.63, 3.8) is 0 Å². The molecule has 0 aliphatic carbocycles. The van der Waals surface area contributed by atoms with Crippen LogP contribution in [0.15, 0.2) is 153 Å². The van der Waals surface area contributed by atoms with Crippen LogP contribution in [0, 0.1) is 0 Å². The number of furan rings is 3. The molecule has 10 rings (SSSR count). The van der Waals surface area contributed by atoms with Crippen molar-refractivity contribution < 1.29 is 13.3 Å². The fourth-order valence-electron chi connectivity index (χ4n) is 6.91. The normalized spacial score (nSPS) is 12.1. The van der Waals surface area contributed by atoms with Crippen molar-refractivity contribution in [2.45, 2.75) is 0 Å². The first-order valence-corrected chi connectivity index (χ1v) is 14.8. The zero-order valence-electron chi connectivity index (χ0n) is 23.5. The van der Waals surface area contributed by atoms with Crippen LogP contribution in [-0.4, -0.2) is 0 Å². The number of hydrogen-bond acceptors (Lipinski definition) is 4. The van der Waals surface area contributed by atoms with Crippen molar-refractivity contribution >= 4 is 93.7 Å². The molecule has 0 amide bonds. The lowest BCUT2D eigenvalue weighted by Gasteiger charge is -2.25. The SMILES string of the molecule is c1ccc(N(c2ccc3c(c2)oc2ccccc23)c2ccc3oc4ccc5c(ccc6oc7ccccc7c65)c4c3c2)cc1. The van der Waals surface area contributed by atoms with E-state index in [1.165, 1.54) is 0 Å². The van der Waals surface area contributed by atoms with Crippen LogP contribution in [0.3, 0.4) is 0 Å². The lowest BCUT2D eigenvalue weighted by Crippen LogP contribution is -2.09. The number of rotatable bonds is 3. The zero-order valence-corrected chi connectivity index (χ0v) is 23.5. The summed E-state index contributed by atoms with van der Waals surface area (Å²) in [6.07, 6.45) is 0. The maximum Gasteiger partial charge on any atom is 0.137 e. The Morgan fingerprint density at radius 2 is 0.795 bits per heavy atom. The molecule has 0 aliphatic heterocycles. The molecule has 0 atom stereocenters. The van der Waals surface area contributed by atoms with Gasteiger partial charge in [-0.2, -0.15) is 0 Å². The average molecular weight is 566 g/mol. The van der Waals surface area contributed by atoms with Gasteiger partial charge in [0.05, 0.1) is 0 Å². The van der Waals surface area contributed by atoms with Crippen LogP contribution in [0.25, 0.3) is 76.6 Å². The molecule has 0 bridgehead atoms. The molecule has 0 radical (unpaired) electrons. The summed E-state index contributed by atoms with van der Waals surface area (Å²) in [7, 11) is 0. The highest BCUT2D eigenvalue weighted by Gasteiger charge is 2.19. The predicted molar refractivity (Wildman–Crippen MR) is 180 cm³/mol. The second-order valence-corrected chi connectivity index (χ2v) is 11.3. The van der Waals surface area contributed by atoms with Crippen LogP contribution in [0.1, 0.15) is 0 Å². The van der Waals surface area contributed by atoms with E-state index in [2.05, 4.69) is 114 Å². The van der Waals surface area contributed by atoms with Crippen LogP contribution >= 0.6 is 0 Å². The molecule has 0 fully saturated rings. The Hall–Kier alpha value is -6.00.